The van der Waals surface area contributed by atoms with Gasteiger partial charge in [-0.3, -0.25) is 4.90 Å². The molecule has 1 saturated heterocycles. The summed E-state index contributed by atoms with van der Waals surface area (Å²) in [5.74, 6) is 1.24. The molecule has 1 aliphatic rings. The van der Waals surface area contributed by atoms with E-state index in [1.807, 2.05) is 57.2 Å². The Labute approximate surface area is 187 Å². The van der Waals surface area contributed by atoms with Crippen molar-refractivity contribution in [3.8, 4) is 17.1 Å². The molecule has 1 aliphatic heterocycles. The van der Waals surface area contributed by atoms with E-state index >= 15 is 0 Å². The molecule has 0 aliphatic carbocycles. The topological polar surface area (TPSA) is 88.9 Å². The molecule has 1 fully saturated rings. The van der Waals surface area contributed by atoms with E-state index in [0.29, 0.717) is 37.2 Å². The van der Waals surface area contributed by atoms with Crippen LogP contribution in [-0.2, 0) is 11.3 Å². The van der Waals surface area contributed by atoms with E-state index in [1.165, 1.54) is 0 Å². The Morgan fingerprint density at radius 2 is 2.12 bits per heavy atom. The third-order valence-corrected chi connectivity index (χ3v) is 5.21. The molecular weight excluding hydrogens is 408 g/mol. The Hall–Kier alpha value is -3.52. The molecule has 0 atom stereocenters. The molecule has 32 heavy (non-hydrogen) atoms. The second kappa shape index (κ2) is 9.32. The van der Waals surface area contributed by atoms with Crippen molar-refractivity contribution >= 4 is 23.4 Å². The number of hydrogen-bond donors (Lipinski definition) is 2. The number of aromatic nitrogens is 1. The highest BCUT2D eigenvalue weighted by Gasteiger charge is 2.23. The van der Waals surface area contributed by atoms with Crippen molar-refractivity contribution in [2.75, 3.05) is 30.4 Å². The second-order valence-corrected chi connectivity index (χ2v) is 7.94. The standard InChI is InChI=1S/C24H28N4O4/c1-15(2)31-20-11-18(10-19(12-20)28-9-8-25-24(28)29)22-13-26-23(32-22)27-21-7-5-6-17(14-30-4)16(21)3/h5-7,10-13,15H,8-9,14H2,1-4H3,(H,25,29)(H,26,27). The summed E-state index contributed by atoms with van der Waals surface area (Å²) in [6, 6.07) is 11.9. The second-order valence-electron chi connectivity index (χ2n) is 7.94. The minimum atomic E-state index is -0.121. The lowest BCUT2D eigenvalue weighted by atomic mass is 10.1. The number of methoxy groups -OCH3 is 1. The first-order valence-electron chi connectivity index (χ1n) is 10.6. The van der Waals surface area contributed by atoms with E-state index in [0.717, 1.165) is 28.1 Å². The highest BCUT2D eigenvalue weighted by Crippen LogP contribution is 2.33. The number of benzene rings is 2. The Morgan fingerprint density at radius 3 is 2.84 bits per heavy atom. The van der Waals surface area contributed by atoms with Gasteiger partial charge in [-0.25, -0.2) is 9.78 Å². The minimum Gasteiger partial charge on any atom is -0.491 e. The maximum atomic E-state index is 12.2. The number of oxazole rings is 1. The van der Waals surface area contributed by atoms with Crippen molar-refractivity contribution < 1.29 is 18.7 Å². The van der Waals surface area contributed by atoms with Gasteiger partial charge in [0.25, 0.3) is 6.01 Å². The summed E-state index contributed by atoms with van der Waals surface area (Å²) >= 11 is 0. The third-order valence-electron chi connectivity index (χ3n) is 5.21. The number of nitrogens with one attached hydrogen (secondary N) is 2. The van der Waals surface area contributed by atoms with Crippen molar-refractivity contribution in [2.24, 2.45) is 0 Å². The molecule has 0 saturated carbocycles. The van der Waals surface area contributed by atoms with Crippen molar-refractivity contribution in [3.63, 3.8) is 0 Å². The first-order valence-corrected chi connectivity index (χ1v) is 10.6. The number of amides is 2. The Balaban J connectivity index is 1.63. The number of ether oxygens (including phenoxy) is 2. The normalized spacial score (nSPS) is 13.5. The molecule has 2 N–H and O–H groups in total. The van der Waals surface area contributed by atoms with Crippen molar-refractivity contribution in [1.82, 2.24) is 10.3 Å². The average Bonchev–Trinajstić information content (AvgIpc) is 3.39. The predicted molar refractivity (Wildman–Crippen MR) is 124 cm³/mol. The average molecular weight is 437 g/mol. The predicted octanol–water partition coefficient (Wildman–Crippen LogP) is 4.86. The number of hydrogen-bond acceptors (Lipinski definition) is 6. The summed E-state index contributed by atoms with van der Waals surface area (Å²) < 4.78 is 17.2. The van der Waals surface area contributed by atoms with Crippen LogP contribution in [0.25, 0.3) is 11.3 Å². The minimum absolute atomic E-state index is 0.000176. The van der Waals surface area contributed by atoms with E-state index < -0.39 is 0 Å². The highest BCUT2D eigenvalue weighted by molar-refractivity contribution is 5.95. The van der Waals surface area contributed by atoms with Crippen LogP contribution in [0.3, 0.4) is 0 Å². The van der Waals surface area contributed by atoms with Crippen LogP contribution in [0.1, 0.15) is 25.0 Å². The molecule has 0 spiro atoms. The largest absolute Gasteiger partial charge is 0.491 e. The number of carbonyl (C=O) groups is 1. The zero-order chi connectivity index (χ0) is 22.7. The third kappa shape index (κ3) is 4.70. The summed E-state index contributed by atoms with van der Waals surface area (Å²) in [6.07, 6.45) is 1.67. The SMILES string of the molecule is COCc1cccc(Nc2ncc(-c3cc(OC(C)C)cc(N4CCNC4=O)c3)o2)c1C. The van der Waals surface area contributed by atoms with Gasteiger partial charge in [-0.05, 0) is 50.1 Å². The summed E-state index contributed by atoms with van der Waals surface area (Å²) in [4.78, 5) is 18.3. The molecule has 2 heterocycles. The van der Waals surface area contributed by atoms with Gasteiger partial charge < -0.3 is 24.5 Å². The summed E-state index contributed by atoms with van der Waals surface area (Å²) in [5, 5.41) is 6.07. The molecule has 2 aromatic carbocycles. The van der Waals surface area contributed by atoms with Crippen molar-refractivity contribution in [3.05, 3.63) is 53.7 Å². The van der Waals surface area contributed by atoms with Gasteiger partial charge >= 0.3 is 6.03 Å². The fourth-order valence-electron chi connectivity index (χ4n) is 3.65. The van der Waals surface area contributed by atoms with Crippen LogP contribution in [0.5, 0.6) is 5.75 Å². The van der Waals surface area contributed by atoms with Gasteiger partial charge in [0.15, 0.2) is 5.76 Å². The molecule has 8 heteroatoms. The van der Waals surface area contributed by atoms with Crippen LogP contribution >= 0.6 is 0 Å². The van der Waals surface area contributed by atoms with Crippen LogP contribution in [0, 0.1) is 6.92 Å². The van der Waals surface area contributed by atoms with Gasteiger partial charge in [0.05, 0.1) is 18.9 Å². The van der Waals surface area contributed by atoms with Gasteiger partial charge in [-0.1, -0.05) is 12.1 Å². The van der Waals surface area contributed by atoms with Crippen LogP contribution in [-0.4, -0.2) is 37.3 Å². The lowest BCUT2D eigenvalue weighted by Gasteiger charge is -2.18. The van der Waals surface area contributed by atoms with Crippen molar-refractivity contribution in [2.45, 2.75) is 33.5 Å². The van der Waals surface area contributed by atoms with E-state index in [1.54, 1.807) is 18.2 Å². The van der Waals surface area contributed by atoms with Crippen LogP contribution in [0.2, 0.25) is 0 Å². The first-order chi connectivity index (χ1) is 15.4. The zero-order valence-corrected chi connectivity index (χ0v) is 18.8. The van der Waals surface area contributed by atoms with Crippen LogP contribution in [0.15, 0.2) is 47.0 Å². The first kappa shape index (κ1) is 21.7. The smallest absolute Gasteiger partial charge is 0.321 e. The van der Waals surface area contributed by atoms with Crippen LogP contribution < -0.4 is 20.3 Å². The van der Waals surface area contributed by atoms with E-state index in [4.69, 9.17) is 13.9 Å². The Morgan fingerprint density at radius 1 is 1.28 bits per heavy atom. The number of anilines is 3. The monoisotopic (exact) mass is 436 g/mol. The molecule has 1 aromatic heterocycles. The van der Waals surface area contributed by atoms with Gasteiger partial charge in [0, 0.05) is 43.2 Å². The fourth-order valence-corrected chi connectivity index (χ4v) is 3.65. The molecule has 168 valence electrons. The number of carbonyl (C=O) groups excluding carboxylic acids is 1. The van der Waals surface area contributed by atoms with Gasteiger partial charge in [-0.15, -0.1) is 0 Å². The van der Waals surface area contributed by atoms with E-state index in [2.05, 4.69) is 15.6 Å². The summed E-state index contributed by atoms with van der Waals surface area (Å²) in [5.41, 5.74) is 4.60. The Kier molecular flexibility index (Phi) is 6.32. The molecule has 0 unspecified atom stereocenters. The maximum Gasteiger partial charge on any atom is 0.321 e. The quantitative estimate of drug-likeness (QED) is 0.524. The van der Waals surface area contributed by atoms with Gasteiger partial charge in [0.1, 0.15) is 5.75 Å². The summed E-state index contributed by atoms with van der Waals surface area (Å²) in [7, 11) is 1.68. The van der Waals surface area contributed by atoms with E-state index in [9.17, 15) is 4.79 Å². The lowest BCUT2D eigenvalue weighted by molar-refractivity contribution is 0.184. The molecule has 8 nitrogen and oxygen atoms in total. The number of rotatable bonds is 8. The number of urea groups is 1. The molecule has 4 rings (SSSR count). The molecule has 0 bridgehead atoms. The zero-order valence-electron chi connectivity index (χ0n) is 18.8. The lowest BCUT2D eigenvalue weighted by Crippen LogP contribution is -2.27. The van der Waals surface area contributed by atoms with E-state index in [-0.39, 0.29) is 12.1 Å². The van der Waals surface area contributed by atoms with Crippen LogP contribution in [0.4, 0.5) is 22.2 Å². The molecule has 3 aromatic rings. The summed E-state index contributed by atoms with van der Waals surface area (Å²) in [6.45, 7) is 7.70. The van der Waals surface area contributed by atoms with Crippen molar-refractivity contribution in [1.29, 1.82) is 0 Å². The maximum absolute atomic E-state index is 12.2. The number of nitrogens with zero attached hydrogens (tertiary/aromatic N) is 2. The molecule has 0 radical (unpaired) electrons. The molecular formula is C24H28N4O4. The van der Waals surface area contributed by atoms with Gasteiger partial charge in [0.2, 0.25) is 0 Å². The van der Waals surface area contributed by atoms with Gasteiger partial charge in [-0.2, -0.15) is 0 Å². The highest BCUT2D eigenvalue weighted by atomic mass is 16.5. The fraction of sp³-hybridized carbons (Fsp3) is 0.333. The Bertz CT molecular complexity index is 1110. The molecule has 2 amide bonds.